The van der Waals surface area contributed by atoms with Crippen LogP contribution in [0.3, 0.4) is 0 Å². The predicted octanol–water partition coefficient (Wildman–Crippen LogP) is 4.09. The number of aromatic nitrogens is 3. The maximum absolute atomic E-state index is 5.56. The zero-order valence-electron chi connectivity index (χ0n) is 20.8. The predicted molar refractivity (Wildman–Crippen MR) is 140 cm³/mol. The van der Waals surface area contributed by atoms with E-state index in [4.69, 9.17) is 9.47 Å². The van der Waals surface area contributed by atoms with E-state index in [1.165, 1.54) is 32.1 Å². The molecule has 3 aromatic rings. The quantitative estimate of drug-likeness (QED) is 0.479. The minimum atomic E-state index is 0.679. The van der Waals surface area contributed by atoms with Crippen LogP contribution in [0, 0.1) is 0 Å². The molecule has 5 rings (SSSR count). The highest BCUT2D eigenvalue weighted by Crippen LogP contribution is 2.31. The summed E-state index contributed by atoms with van der Waals surface area (Å²) in [5, 5.41) is 14.5. The Morgan fingerprint density at radius 1 is 0.914 bits per heavy atom. The lowest BCUT2D eigenvalue weighted by atomic mass is 9.94. The molecule has 1 aliphatic heterocycles. The number of piperazine rings is 1. The number of hydrogen-bond acceptors (Lipinski definition) is 8. The van der Waals surface area contributed by atoms with Crippen LogP contribution in [0.5, 0.6) is 11.5 Å². The molecule has 188 valence electrons. The van der Waals surface area contributed by atoms with Crippen LogP contribution in [0.25, 0.3) is 5.13 Å². The van der Waals surface area contributed by atoms with Crippen molar-refractivity contribution in [1.82, 2.24) is 25.0 Å². The number of rotatable bonds is 9. The van der Waals surface area contributed by atoms with E-state index >= 15 is 0 Å². The molecule has 9 heteroatoms. The highest BCUT2D eigenvalue weighted by atomic mass is 32.1. The average molecular weight is 497 g/mol. The molecule has 0 radical (unpaired) electrons. The summed E-state index contributed by atoms with van der Waals surface area (Å²) in [6, 6.07) is 10.9. The van der Waals surface area contributed by atoms with Gasteiger partial charge in [0.15, 0.2) is 11.5 Å². The molecule has 0 unspecified atom stereocenters. The van der Waals surface area contributed by atoms with E-state index in [9.17, 15) is 0 Å². The van der Waals surface area contributed by atoms with Gasteiger partial charge in [0.05, 0.1) is 14.2 Å². The summed E-state index contributed by atoms with van der Waals surface area (Å²) in [5.74, 6) is 1.52. The summed E-state index contributed by atoms with van der Waals surface area (Å²) in [6.07, 6.45) is 9.01. The lowest BCUT2D eigenvalue weighted by Gasteiger charge is -2.40. The molecule has 1 aliphatic carbocycles. The van der Waals surface area contributed by atoms with Crippen molar-refractivity contribution < 1.29 is 9.47 Å². The van der Waals surface area contributed by atoms with E-state index in [-0.39, 0.29) is 0 Å². The molecule has 0 spiro atoms. The maximum Gasteiger partial charge on any atom is 0.218 e. The van der Waals surface area contributed by atoms with Crippen molar-refractivity contribution >= 4 is 16.5 Å². The average Bonchev–Trinajstić information content (AvgIpc) is 3.59. The first-order valence-electron chi connectivity index (χ1n) is 12.7. The first kappa shape index (κ1) is 24.1. The summed E-state index contributed by atoms with van der Waals surface area (Å²) in [4.78, 5) is 5.10. The summed E-state index contributed by atoms with van der Waals surface area (Å²) >= 11 is 1.67. The number of methoxy groups -OCH3 is 2. The molecule has 2 aromatic heterocycles. The van der Waals surface area contributed by atoms with Gasteiger partial charge in [-0.2, -0.15) is 0 Å². The van der Waals surface area contributed by atoms with E-state index in [2.05, 4.69) is 54.3 Å². The Bertz CT molecular complexity index is 1090. The summed E-state index contributed by atoms with van der Waals surface area (Å²) in [7, 11) is 3.34. The number of para-hydroxylation sites is 1. The summed E-state index contributed by atoms with van der Waals surface area (Å²) in [6.45, 7) is 5.72. The van der Waals surface area contributed by atoms with Crippen LogP contribution < -0.4 is 19.7 Å². The highest BCUT2D eigenvalue weighted by Gasteiger charge is 2.26. The van der Waals surface area contributed by atoms with Gasteiger partial charge in [-0.15, -0.1) is 10.2 Å². The molecule has 3 heterocycles. The van der Waals surface area contributed by atoms with Crippen molar-refractivity contribution in [3.05, 3.63) is 47.8 Å². The lowest BCUT2D eigenvalue weighted by Crippen LogP contribution is -2.50. The molecule has 0 atom stereocenters. The number of nitrogens with one attached hydrogen (secondary N) is 1. The Morgan fingerprint density at radius 2 is 1.71 bits per heavy atom. The first-order chi connectivity index (χ1) is 17.3. The fourth-order valence-electron chi connectivity index (χ4n) is 5.32. The third-order valence-corrected chi connectivity index (χ3v) is 8.21. The van der Waals surface area contributed by atoms with E-state index in [0.717, 1.165) is 65.2 Å². The summed E-state index contributed by atoms with van der Waals surface area (Å²) in [5.41, 5.74) is 2.22. The van der Waals surface area contributed by atoms with Crippen LogP contribution in [-0.4, -0.2) is 66.1 Å². The standard InChI is InChI=1S/C26H36N6O2S/c1-33-23-12-6-8-20(24(23)34-2)18-27-19-22-11-7-13-32(22)26-29-28-25(35-26)31-16-14-30(15-17-31)21-9-4-3-5-10-21/h6-8,11-13,21,27H,3-5,9-10,14-19H2,1-2H3. The fourth-order valence-corrected chi connectivity index (χ4v) is 6.24. The second kappa shape index (κ2) is 11.4. The second-order valence-electron chi connectivity index (χ2n) is 9.31. The van der Waals surface area contributed by atoms with Gasteiger partial charge < -0.3 is 19.7 Å². The molecule has 8 nitrogen and oxygen atoms in total. The Labute approximate surface area is 211 Å². The smallest absolute Gasteiger partial charge is 0.218 e. The number of hydrogen-bond donors (Lipinski definition) is 1. The normalized spacial score (nSPS) is 17.6. The van der Waals surface area contributed by atoms with E-state index in [0.29, 0.717) is 13.1 Å². The molecule has 0 amide bonds. The molecule has 1 saturated heterocycles. The number of nitrogens with zero attached hydrogens (tertiary/aromatic N) is 5. The van der Waals surface area contributed by atoms with Crippen LogP contribution in [-0.2, 0) is 13.1 Å². The Balaban J connectivity index is 1.18. The second-order valence-corrected chi connectivity index (χ2v) is 10.2. The zero-order chi connectivity index (χ0) is 24.0. The van der Waals surface area contributed by atoms with Gasteiger partial charge in [-0.3, -0.25) is 9.47 Å². The van der Waals surface area contributed by atoms with Crippen molar-refractivity contribution in [2.75, 3.05) is 45.3 Å². The Hall–Kier alpha value is -2.62. The maximum atomic E-state index is 5.56. The number of benzene rings is 1. The van der Waals surface area contributed by atoms with E-state index in [1.807, 2.05) is 12.1 Å². The minimum Gasteiger partial charge on any atom is -0.493 e. The molecular weight excluding hydrogens is 460 g/mol. The molecule has 2 aliphatic rings. The van der Waals surface area contributed by atoms with Crippen LogP contribution >= 0.6 is 11.3 Å². The van der Waals surface area contributed by atoms with Gasteiger partial charge in [-0.1, -0.05) is 42.7 Å². The van der Waals surface area contributed by atoms with Gasteiger partial charge in [-0.05, 0) is 31.0 Å². The first-order valence-corrected chi connectivity index (χ1v) is 13.5. The van der Waals surface area contributed by atoms with Crippen LogP contribution in [0.4, 0.5) is 5.13 Å². The molecule has 1 aromatic carbocycles. The Kier molecular flexibility index (Phi) is 7.85. The number of anilines is 1. The monoisotopic (exact) mass is 496 g/mol. The molecule has 1 saturated carbocycles. The topological polar surface area (TPSA) is 67.7 Å². The van der Waals surface area contributed by atoms with E-state index in [1.54, 1.807) is 25.6 Å². The van der Waals surface area contributed by atoms with Crippen molar-refractivity contribution in [1.29, 1.82) is 0 Å². The highest BCUT2D eigenvalue weighted by molar-refractivity contribution is 7.17. The van der Waals surface area contributed by atoms with Crippen molar-refractivity contribution in [2.24, 2.45) is 0 Å². The summed E-state index contributed by atoms with van der Waals surface area (Å²) < 4.78 is 13.1. The van der Waals surface area contributed by atoms with Crippen molar-refractivity contribution in [3.8, 4) is 16.6 Å². The SMILES string of the molecule is COc1cccc(CNCc2cccn2-c2nnc(N3CCN(C4CCCCC4)CC3)s2)c1OC. The van der Waals surface area contributed by atoms with Gasteiger partial charge >= 0.3 is 0 Å². The van der Waals surface area contributed by atoms with Gasteiger partial charge in [0.25, 0.3) is 0 Å². The van der Waals surface area contributed by atoms with Gasteiger partial charge in [-0.25, -0.2) is 0 Å². The number of ether oxygens (including phenoxy) is 2. The van der Waals surface area contributed by atoms with E-state index < -0.39 is 0 Å². The van der Waals surface area contributed by atoms with Crippen molar-refractivity contribution in [2.45, 2.75) is 51.2 Å². The van der Waals surface area contributed by atoms with Crippen LogP contribution in [0.1, 0.15) is 43.4 Å². The largest absolute Gasteiger partial charge is 0.493 e. The van der Waals surface area contributed by atoms with Crippen molar-refractivity contribution in [3.63, 3.8) is 0 Å². The molecule has 2 fully saturated rings. The van der Waals surface area contributed by atoms with Gasteiger partial charge in [0.1, 0.15) is 0 Å². The van der Waals surface area contributed by atoms with Crippen LogP contribution in [0.2, 0.25) is 0 Å². The third-order valence-electron chi connectivity index (χ3n) is 7.22. The Morgan fingerprint density at radius 3 is 2.49 bits per heavy atom. The van der Waals surface area contributed by atoms with Gasteiger partial charge in [0.2, 0.25) is 10.3 Å². The molecular formula is C26H36N6O2S. The zero-order valence-corrected chi connectivity index (χ0v) is 21.6. The molecule has 1 N–H and O–H groups in total. The van der Waals surface area contributed by atoms with Crippen LogP contribution in [0.15, 0.2) is 36.5 Å². The van der Waals surface area contributed by atoms with Gasteiger partial charge in [0, 0.05) is 62.8 Å². The molecule has 35 heavy (non-hydrogen) atoms. The fraction of sp³-hybridized carbons (Fsp3) is 0.538. The third kappa shape index (κ3) is 5.47. The lowest BCUT2D eigenvalue weighted by molar-refractivity contribution is 0.148. The minimum absolute atomic E-state index is 0.679. The molecule has 0 bridgehead atoms.